The summed E-state index contributed by atoms with van der Waals surface area (Å²) in [6, 6.07) is 6.18. The molecule has 1 fully saturated rings. The van der Waals surface area contributed by atoms with E-state index in [-0.39, 0.29) is 5.78 Å². The van der Waals surface area contributed by atoms with Crippen molar-refractivity contribution in [2.75, 3.05) is 25.4 Å². The van der Waals surface area contributed by atoms with Crippen molar-refractivity contribution in [1.29, 1.82) is 0 Å². The molecule has 2 rings (SSSR count). The van der Waals surface area contributed by atoms with E-state index in [4.69, 9.17) is 0 Å². The molecule has 1 aliphatic rings. The van der Waals surface area contributed by atoms with Gasteiger partial charge < -0.3 is 4.90 Å². The first kappa shape index (κ1) is 16.6. The second-order valence-electron chi connectivity index (χ2n) is 5.90. The molecule has 0 unspecified atom stereocenters. The molecule has 3 heteroatoms. The molecule has 21 heavy (non-hydrogen) atoms. The SMILES string of the molecule is CCCSc1ccc(C(=O)CCN2CCCCC2)cc1C. The van der Waals surface area contributed by atoms with E-state index in [0.717, 1.165) is 17.9 Å². The molecule has 0 saturated carbocycles. The van der Waals surface area contributed by atoms with E-state index in [1.807, 2.05) is 17.8 Å². The Labute approximate surface area is 133 Å². The number of thioether (sulfide) groups is 1. The van der Waals surface area contributed by atoms with Crippen LogP contribution in [-0.4, -0.2) is 36.1 Å². The molecular weight excluding hydrogens is 278 g/mol. The number of hydrogen-bond acceptors (Lipinski definition) is 3. The fraction of sp³-hybridized carbons (Fsp3) is 0.611. The number of hydrogen-bond donors (Lipinski definition) is 0. The lowest BCUT2D eigenvalue weighted by molar-refractivity contribution is 0.0958. The third-order valence-electron chi connectivity index (χ3n) is 4.06. The number of ketones is 1. The zero-order valence-corrected chi connectivity index (χ0v) is 14.2. The predicted molar refractivity (Wildman–Crippen MR) is 91.4 cm³/mol. The Bertz CT molecular complexity index is 466. The van der Waals surface area contributed by atoms with E-state index in [2.05, 4.69) is 30.9 Å². The molecule has 0 radical (unpaired) electrons. The first-order chi connectivity index (χ1) is 10.2. The molecule has 1 aliphatic heterocycles. The molecule has 116 valence electrons. The van der Waals surface area contributed by atoms with Crippen LogP contribution in [0.2, 0.25) is 0 Å². The molecule has 0 N–H and O–H groups in total. The Balaban J connectivity index is 1.88. The van der Waals surface area contributed by atoms with Gasteiger partial charge in [0, 0.05) is 23.4 Å². The van der Waals surface area contributed by atoms with Crippen LogP contribution in [0.15, 0.2) is 23.1 Å². The lowest BCUT2D eigenvalue weighted by Gasteiger charge is -2.25. The maximum atomic E-state index is 12.3. The fourth-order valence-corrected chi connectivity index (χ4v) is 3.66. The molecule has 0 amide bonds. The molecule has 1 aromatic rings. The number of piperidine rings is 1. The van der Waals surface area contributed by atoms with Gasteiger partial charge in [0.05, 0.1) is 0 Å². The molecule has 2 nitrogen and oxygen atoms in total. The van der Waals surface area contributed by atoms with Gasteiger partial charge in [-0.1, -0.05) is 19.4 Å². The van der Waals surface area contributed by atoms with Gasteiger partial charge in [-0.15, -0.1) is 11.8 Å². The van der Waals surface area contributed by atoms with Crippen molar-refractivity contribution in [1.82, 2.24) is 4.90 Å². The summed E-state index contributed by atoms with van der Waals surface area (Å²) >= 11 is 1.88. The summed E-state index contributed by atoms with van der Waals surface area (Å²) in [4.78, 5) is 16.1. The Hall–Kier alpha value is -0.800. The number of Topliss-reactive ketones (excluding diaryl/α,β-unsaturated/α-hetero) is 1. The topological polar surface area (TPSA) is 20.3 Å². The second kappa shape index (κ2) is 8.60. The molecule has 0 bridgehead atoms. The normalized spacial score (nSPS) is 16.1. The van der Waals surface area contributed by atoms with Crippen molar-refractivity contribution in [3.63, 3.8) is 0 Å². The largest absolute Gasteiger partial charge is 0.303 e. The van der Waals surface area contributed by atoms with Gasteiger partial charge in [-0.2, -0.15) is 0 Å². The average Bonchev–Trinajstić information content (AvgIpc) is 2.52. The van der Waals surface area contributed by atoms with E-state index < -0.39 is 0 Å². The molecule has 0 atom stereocenters. The van der Waals surface area contributed by atoms with Gasteiger partial charge in [-0.25, -0.2) is 0 Å². The summed E-state index contributed by atoms with van der Waals surface area (Å²) in [5.74, 6) is 1.43. The van der Waals surface area contributed by atoms with E-state index >= 15 is 0 Å². The Morgan fingerprint density at radius 1 is 1.24 bits per heavy atom. The number of carbonyl (C=O) groups is 1. The van der Waals surface area contributed by atoms with Crippen molar-refractivity contribution in [2.45, 2.75) is 50.8 Å². The molecule has 0 spiro atoms. The minimum atomic E-state index is 0.288. The highest BCUT2D eigenvalue weighted by Gasteiger charge is 2.13. The first-order valence-electron chi connectivity index (χ1n) is 8.19. The van der Waals surface area contributed by atoms with Crippen LogP contribution in [0.5, 0.6) is 0 Å². The molecule has 0 aliphatic carbocycles. The van der Waals surface area contributed by atoms with Crippen molar-refractivity contribution in [2.24, 2.45) is 0 Å². The highest BCUT2D eigenvalue weighted by atomic mass is 32.2. The Morgan fingerprint density at radius 3 is 2.67 bits per heavy atom. The van der Waals surface area contributed by atoms with Crippen molar-refractivity contribution < 1.29 is 4.79 Å². The van der Waals surface area contributed by atoms with Gasteiger partial charge in [0.15, 0.2) is 5.78 Å². The van der Waals surface area contributed by atoms with Crippen LogP contribution in [0.3, 0.4) is 0 Å². The van der Waals surface area contributed by atoms with Gasteiger partial charge in [0.2, 0.25) is 0 Å². The van der Waals surface area contributed by atoms with Crippen molar-refractivity contribution in [3.8, 4) is 0 Å². The summed E-state index contributed by atoms with van der Waals surface area (Å²) in [6.45, 7) is 7.56. The molecular formula is C18H27NOS. The van der Waals surface area contributed by atoms with Crippen LogP contribution in [0.4, 0.5) is 0 Å². The summed E-state index contributed by atoms with van der Waals surface area (Å²) in [6.07, 6.45) is 5.76. The maximum absolute atomic E-state index is 12.3. The lowest BCUT2D eigenvalue weighted by Crippen LogP contribution is -2.31. The zero-order valence-electron chi connectivity index (χ0n) is 13.4. The van der Waals surface area contributed by atoms with E-state index in [0.29, 0.717) is 6.42 Å². The first-order valence-corrected chi connectivity index (χ1v) is 9.18. The third-order valence-corrected chi connectivity index (χ3v) is 5.44. The molecule has 1 heterocycles. The zero-order chi connectivity index (χ0) is 15.1. The molecule has 1 saturated heterocycles. The smallest absolute Gasteiger partial charge is 0.164 e. The fourth-order valence-electron chi connectivity index (χ4n) is 2.78. The van der Waals surface area contributed by atoms with Crippen LogP contribution in [0, 0.1) is 6.92 Å². The van der Waals surface area contributed by atoms with E-state index in [1.165, 1.54) is 49.2 Å². The summed E-state index contributed by atoms with van der Waals surface area (Å²) in [5, 5.41) is 0. The number of carbonyl (C=O) groups excluding carboxylic acids is 1. The third kappa shape index (κ3) is 5.15. The summed E-state index contributed by atoms with van der Waals surface area (Å²) in [7, 11) is 0. The minimum absolute atomic E-state index is 0.288. The summed E-state index contributed by atoms with van der Waals surface area (Å²) < 4.78 is 0. The van der Waals surface area contributed by atoms with Crippen LogP contribution >= 0.6 is 11.8 Å². The van der Waals surface area contributed by atoms with Crippen molar-refractivity contribution >= 4 is 17.5 Å². The van der Waals surface area contributed by atoms with Crippen LogP contribution in [-0.2, 0) is 0 Å². The van der Waals surface area contributed by atoms with Crippen molar-refractivity contribution in [3.05, 3.63) is 29.3 Å². The van der Waals surface area contributed by atoms with Gasteiger partial charge in [0.25, 0.3) is 0 Å². The highest BCUT2D eigenvalue weighted by Crippen LogP contribution is 2.24. The standard InChI is InChI=1S/C18H27NOS/c1-3-13-21-18-8-7-16(14-15(18)2)17(20)9-12-19-10-5-4-6-11-19/h7-8,14H,3-6,9-13H2,1-2H3. The predicted octanol–water partition coefficient (Wildman–Crippen LogP) is 4.56. The number of likely N-dealkylation sites (tertiary alicyclic amines) is 1. The second-order valence-corrected chi connectivity index (χ2v) is 7.04. The van der Waals surface area contributed by atoms with Gasteiger partial charge in [-0.3, -0.25) is 4.79 Å². The number of benzene rings is 1. The van der Waals surface area contributed by atoms with Gasteiger partial charge >= 0.3 is 0 Å². The molecule has 0 aromatic heterocycles. The lowest BCUT2D eigenvalue weighted by atomic mass is 10.0. The monoisotopic (exact) mass is 305 g/mol. The number of rotatable bonds is 7. The van der Waals surface area contributed by atoms with Gasteiger partial charge in [0.1, 0.15) is 0 Å². The van der Waals surface area contributed by atoms with Crippen LogP contribution < -0.4 is 0 Å². The minimum Gasteiger partial charge on any atom is -0.303 e. The number of aryl methyl sites for hydroxylation is 1. The Kier molecular flexibility index (Phi) is 6.78. The highest BCUT2D eigenvalue weighted by molar-refractivity contribution is 7.99. The van der Waals surface area contributed by atoms with Crippen LogP contribution in [0.25, 0.3) is 0 Å². The Morgan fingerprint density at radius 2 is 2.00 bits per heavy atom. The quantitative estimate of drug-likeness (QED) is 0.544. The van der Waals surface area contributed by atoms with Crippen LogP contribution in [0.1, 0.15) is 54.9 Å². The average molecular weight is 305 g/mol. The summed E-state index contributed by atoms with van der Waals surface area (Å²) in [5.41, 5.74) is 2.11. The van der Waals surface area contributed by atoms with E-state index in [9.17, 15) is 4.79 Å². The van der Waals surface area contributed by atoms with Gasteiger partial charge in [-0.05, 0) is 62.7 Å². The maximum Gasteiger partial charge on any atom is 0.164 e. The number of nitrogens with zero attached hydrogens (tertiary/aromatic N) is 1. The molecule has 1 aromatic carbocycles. The van der Waals surface area contributed by atoms with E-state index in [1.54, 1.807) is 0 Å².